The lowest BCUT2D eigenvalue weighted by atomic mass is 10.0. The average molecular weight is 275 g/mol. The fourth-order valence-electron chi connectivity index (χ4n) is 2.80. The third-order valence-corrected chi connectivity index (χ3v) is 3.92. The SMILES string of the molecule is CCCCN(CCN)C1CCc2ccccc2NC1=O. The van der Waals surface area contributed by atoms with Crippen molar-refractivity contribution in [3.63, 3.8) is 0 Å². The van der Waals surface area contributed by atoms with Crippen LogP contribution in [0.25, 0.3) is 0 Å². The Balaban J connectivity index is 2.10. The lowest BCUT2D eigenvalue weighted by Gasteiger charge is -2.29. The highest BCUT2D eigenvalue weighted by molar-refractivity contribution is 5.96. The number of carbonyl (C=O) groups excluding carboxylic acids is 1. The van der Waals surface area contributed by atoms with Crippen molar-refractivity contribution >= 4 is 11.6 Å². The number of nitrogens with zero attached hydrogens (tertiary/aromatic N) is 1. The second-order valence-corrected chi connectivity index (χ2v) is 5.38. The predicted molar refractivity (Wildman–Crippen MR) is 82.7 cm³/mol. The molecule has 2 rings (SSSR count). The fraction of sp³-hybridized carbons (Fsp3) is 0.562. The van der Waals surface area contributed by atoms with Gasteiger partial charge < -0.3 is 11.1 Å². The molecule has 3 N–H and O–H groups in total. The second kappa shape index (κ2) is 7.41. The maximum absolute atomic E-state index is 12.5. The van der Waals surface area contributed by atoms with Gasteiger partial charge in [-0.2, -0.15) is 0 Å². The molecule has 110 valence electrons. The Hall–Kier alpha value is -1.39. The summed E-state index contributed by atoms with van der Waals surface area (Å²) in [4.78, 5) is 14.7. The standard InChI is InChI=1S/C16H25N3O/c1-2-3-11-19(12-10-17)15-9-8-13-6-4-5-7-14(13)18-16(15)20/h4-7,15H,2-3,8-12,17H2,1H3,(H,18,20). The van der Waals surface area contributed by atoms with Gasteiger partial charge in [0.2, 0.25) is 5.91 Å². The number of amides is 1. The van der Waals surface area contributed by atoms with E-state index in [1.165, 1.54) is 5.56 Å². The Bertz CT molecular complexity index is 447. The molecule has 1 aromatic carbocycles. The largest absolute Gasteiger partial charge is 0.329 e. The molecule has 4 heteroatoms. The van der Waals surface area contributed by atoms with E-state index in [2.05, 4.69) is 23.2 Å². The van der Waals surface area contributed by atoms with Crippen LogP contribution in [0.2, 0.25) is 0 Å². The second-order valence-electron chi connectivity index (χ2n) is 5.38. The number of fused-ring (bicyclic) bond motifs is 1. The molecule has 0 fully saturated rings. The van der Waals surface area contributed by atoms with E-state index in [-0.39, 0.29) is 11.9 Å². The summed E-state index contributed by atoms with van der Waals surface area (Å²) in [5.41, 5.74) is 7.89. The zero-order valence-corrected chi connectivity index (χ0v) is 12.3. The third-order valence-electron chi connectivity index (χ3n) is 3.92. The first kappa shape index (κ1) is 15.0. The molecule has 0 bridgehead atoms. The van der Waals surface area contributed by atoms with Gasteiger partial charge in [0, 0.05) is 18.8 Å². The summed E-state index contributed by atoms with van der Waals surface area (Å²) >= 11 is 0. The molecule has 0 aliphatic carbocycles. The number of nitrogens with two attached hydrogens (primary N) is 1. The van der Waals surface area contributed by atoms with E-state index in [1.807, 2.05) is 18.2 Å². The normalized spacial score (nSPS) is 18.6. The van der Waals surface area contributed by atoms with Gasteiger partial charge in [-0.15, -0.1) is 0 Å². The van der Waals surface area contributed by atoms with Crippen LogP contribution in [0, 0.1) is 0 Å². The molecule has 1 aliphatic rings. The number of unbranched alkanes of at least 4 members (excludes halogenated alkanes) is 1. The number of rotatable bonds is 6. The first-order valence-corrected chi connectivity index (χ1v) is 7.59. The van der Waals surface area contributed by atoms with Gasteiger partial charge in [0.05, 0.1) is 6.04 Å². The molecule has 0 spiro atoms. The van der Waals surface area contributed by atoms with E-state index in [9.17, 15) is 4.79 Å². The summed E-state index contributed by atoms with van der Waals surface area (Å²) in [6.45, 7) is 4.50. The van der Waals surface area contributed by atoms with Gasteiger partial charge in [0.15, 0.2) is 0 Å². The van der Waals surface area contributed by atoms with Crippen molar-refractivity contribution in [1.82, 2.24) is 4.90 Å². The van der Waals surface area contributed by atoms with Crippen LogP contribution in [0.1, 0.15) is 31.7 Å². The Morgan fingerprint density at radius 1 is 1.35 bits per heavy atom. The fourth-order valence-corrected chi connectivity index (χ4v) is 2.80. The van der Waals surface area contributed by atoms with Crippen LogP contribution in [-0.2, 0) is 11.2 Å². The monoisotopic (exact) mass is 275 g/mol. The number of para-hydroxylation sites is 1. The van der Waals surface area contributed by atoms with Gasteiger partial charge >= 0.3 is 0 Å². The minimum atomic E-state index is -0.0579. The zero-order valence-electron chi connectivity index (χ0n) is 12.3. The van der Waals surface area contributed by atoms with E-state index < -0.39 is 0 Å². The maximum Gasteiger partial charge on any atom is 0.241 e. The first-order valence-electron chi connectivity index (χ1n) is 7.59. The van der Waals surface area contributed by atoms with E-state index in [0.717, 1.165) is 44.5 Å². The molecule has 0 aromatic heterocycles. The van der Waals surface area contributed by atoms with Crippen LogP contribution < -0.4 is 11.1 Å². The number of carbonyl (C=O) groups is 1. The molecule has 20 heavy (non-hydrogen) atoms. The molecular formula is C16H25N3O. The molecule has 0 saturated heterocycles. The summed E-state index contributed by atoms with van der Waals surface area (Å²) in [5, 5.41) is 3.07. The summed E-state index contributed by atoms with van der Waals surface area (Å²) in [6.07, 6.45) is 4.05. The minimum Gasteiger partial charge on any atom is -0.329 e. The van der Waals surface area contributed by atoms with Crippen molar-refractivity contribution in [3.05, 3.63) is 29.8 Å². The van der Waals surface area contributed by atoms with Gasteiger partial charge in [-0.25, -0.2) is 0 Å². The third kappa shape index (κ3) is 3.58. The van der Waals surface area contributed by atoms with Crippen LogP contribution >= 0.6 is 0 Å². The molecule has 4 nitrogen and oxygen atoms in total. The van der Waals surface area contributed by atoms with E-state index in [4.69, 9.17) is 5.73 Å². The molecular weight excluding hydrogens is 250 g/mol. The topological polar surface area (TPSA) is 58.4 Å². The van der Waals surface area contributed by atoms with E-state index in [0.29, 0.717) is 6.54 Å². The molecule has 0 radical (unpaired) electrons. The Kier molecular flexibility index (Phi) is 5.56. The first-order chi connectivity index (χ1) is 9.76. The molecule has 1 amide bonds. The lowest BCUT2D eigenvalue weighted by Crippen LogP contribution is -2.46. The minimum absolute atomic E-state index is 0.0579. The quantitative estimate of drug-likeness (QED) is 0.835. The van der Waals surface area contributed by atoms with Crippen LogP contribution in [0.15, 0.2) is 24.3 Å². The van der Waals surface area contributed by atoms with Gasteiger partial charge in [0.25, 0.3) is 0 Å². The van der Waals surface area contributed by atoms with Crippen molar-refractivity contribution in [1.29, 1.82) is 0 Å². The van der Waals surface area contributed by atoms with Crippen molar-refractivity contribution in [3.8, 4) is 0 Å². The van der Waals surface area contributed by atoms with Gasteiger partial charge in [-0.05, 0) is 37.4 Å². The van der Waals surface area contributed by atoms with Crippen molar-refractivity contribution in [2.24, 2.45) is 5.73 Å². The smallest absolute Gasteiger partial charge is 0.241 e. The Morgan fingerprint density at radius 3 is 2.90 bits per heavy atom. The van der Waals surface area contributed by atoms with Crippen LogP contribution in [0.4, 0.5) is 5.69 Å². The van der Waals surface area contributed by atoms with Crippen LogP contribution in [0.5, 0.6) is 0 Å². The molecule has 1 heterocycles. The van der Waals surface area contributed by atoms with Crippen molar-refractivity contribution in [2.45, 2.75) is 38.6 Å². The van der Waals surface area contributed by atoms with Crippen molar-refractivity contribution in [2.75, 3.05) is 25.0 Å². The number of nitrogens with one attached hydrogen (secondary N) is 1. The van der Waals surface area contributed by atoms with Crippen molar-refractivity contribution < 1.29 is 4.79 Å². The van der Waals surface area contributed by atoms with Gasteiger partial charge in [-0.3, -0.25) is 9.69 Å². The molecule has 1 aliphatic heterocycles. The molecule has 1 unspecified atom stereocenters. The highest BCUT2D eigenvalue weighted by Crippen LogP contribution is 2.23. The summed E-state index contributed by atoms with van der Waals surface area (Å²) in [7, 11) is 0. The number of aryl methyl sites for hydroxylation is 1. The van der Waals surface area contributed by atoms with E-state index in [1.54, 1.807) is 0 Å². The zero-order chi connectivity index (χ0) is 14.4. The van der Waals surface area contributed by atoms with Crippen LogP contribution in [0.3, 0.4) is 0 Å². The number of hydrogen-bond acceptors (Lipinski definition) is 3. The molecule has 1 aromatic rings. The number of benzene rings is 1. The lowest BCUT2D eigenvalue weighted by molar-refractivity contribution is -0.121. The Morgan fingerprint density at radius 2 is 2.15 bits per heavy atom. The summed E-state index contributed by atoms with van der Waals surface area (Å²) in [6, 6.07) is 8.01. The van der Waals surface area contributed by atoms with Gasteiger partial charge in [0.1, 0.15) is 0 Å². The Labute approximate surface area is 121 Å². The highest BCUT2D eigenvalue weighted by Gasteiger charge is 2.28. The maximum atomic E-state index is 12.5. The molecule has 1 atom stereocenters. The average Bonchev–Trinajstić information content (AvgIpc) is 2.62. The molecule has 0 saturated carbocycles. The number of anilines is 1. The summed E-state index contributed by atoms with van der Waals surface area (Å²) in [5.74, 6) is 0.111. The van der Waals surface area contributed by atoms with Crippen LogP contribution in [-0.4, -0.2) is 36.5 Å². The van der Waals surface area contributed by atoms with E-state index >= 15 is 0 Å². The summed E-state index contributed by atoms with van der Waals surface area (Å²) < 4.78 is 0. The highest BCUT2D eigenvalue weighted by atomic mass is 16.2. The van der Waals surface area contributed by atoms with Gasteiger partial charge in [-0.1, -0.05) is 31.5 Å². The predicted octanol–water partition coefficient (Wildman–Crippen LogP) is 2.00. The number of hydrogen-bond donors (Lipinski definition) is 2.